The van der Waals surface area contributed by atoms with Gasteiger partial charge in [0.05, 0.1) is 23.7 Å². The van der Waals surface area contributed by atoms with Gasteiger partial charge in [-0.1, -0.05) is 6.07 Å². The van der Waals surface area contributed by atoms with Crippen LogP contribution in [0.15, 0.2) is 36.8 Å². The van der Waals surface area contributed by atoms with Gasteiger partial charge in [-0.25, -0.2) is 18.4 Å². The van der Waals surface area contributed by atoms with Crippen molar-refractivity contribution >= 4 is 21.6 Å². The Kier molecular flexibility index (Phi) is 4.70. The number of anilines is 1. The Morgan fingerprint density at radius 2 is 2.12 bits per heavy atom. The van der Waals surface area contributed by atoms with Gasteiger partial charge in [0.1, 0.15) is 17.8 Å². The summed E-state index contributed by atoms with van der Waals surface area (Å²) in [6.07, 6.45) is 3.47. The lowest BCUT2D eigenvalue weighted by molar-refractivity contribution is 0.0945. The number of sulfone groups is 1. The van der Waals surface area contributed by atoms with E-state index >= 15 is 0 Å². The van der Waals surface area contributed by atoms with Crippen molar-refractivity contribution in [3.8, 4) is 0 Å². The summed E-state index contributed by atoms with van der Waals surface area (Å²) in [6.45, 7) is 0.299. The van der Waals surface area contributed by atoms with Crippen molar-refractivity contribution in [2.45, 2.75) is 19.0 Å². The van der Waals surface area contributed by atoms with E-state index in [0.717, 1.165) is 5.69 Å². The highest BCUT2D eigenvalue weighted by atomic mass is 32.2. The maximum Gasteiger partial charge on any atom is 0.270 e. The molecule has 0 radical (unpaired) electrons. The monoisotopic (exact) mass is 347 g/mol. The molecule has 3 heterocycles. The topological polar surface area (TPSA) is 114 Å². The van der Waals surface area contributed by atoms with Gasteiger partial charge in [-0.05, 0) is 18.6 Å². The van der Waals surface area contributed by atoms with Gasteiger partial charge < -0.3 is 10.6 Å². The second-order valence-electron chi connectivity index (χ2n) is 5.54. The number of rotatable bonds is 5. The van der Waals surface area contributed by atoms with Crippen LogP contribution in [0.25, 0.3) is 0 Å². The molecule has 0 bridgehead atoms. The predicted molar refractivity (Wildman–Crippen MR) is 88.1 cm³/mol. The summed E-state index contributed by atoms with van der Waals surface area (Å²) in [7, 11) is -2.97. The molecule has 2 aromatic rings. The number of hydrogen-bond acceptors (Lipinski definition) is 7. The van der Waals surface area contributed by atoms with Gasteiger partial charge in [0.25, 0.3) is 5.91 Å². The maximum atomic E-state index is 12.2. The lowest BCUT2D eigenvalue weighted by atomic mass is 10.2. The largest absolute Gasteiger partial charge is 0.366 e. The minimum atomic E-state index is -2.97. The molecule has 1 amide bonds. The minimum absolute atomic E-state index is 0.0816. The number of nitrogens with one attached hydrogen (secondary N) is 2. The van der Waals surface area contributed by atoms with E-state index in [-0.39, 0.29) is 29.1 Å². The molecule has 8 nitrogen and oxygen atoms in total. The Morgan fingerprint density at radius 1 is 1.25 bits per heavy atom. The second-order valence-corrected chi connectivity index (χ2v) is 7.77. The number of nitrogens with zero attached hydrogens (tertiary/aromatic N) is 3. The number of carbonyl (C=O) groups is 1. The summed E-state index contributed by atoms with van der Waals surface area (Å²) in [5.41, 5.74) is 0.957. The molecule has 1 aliphatic heterocycles. The summed E-state index contributed by atoms with van der Waals surface area (Å²) >= 11 is 0. The first-order valence-corrected chi connectivity index (χ1v) is 9.31. The van der Waals surface area contributed by atoms with E-state index in [2.05, 4.69) is 25.6 Å². The van der Waals surface area contributed by atoms with Crippen LogP contribution in [0.5, 0.6) is 0 Å². The van der Waals surface area contributed by atoms with Gasteiger partial charge in [-0.15, -0.1) is 0 Å². The van der Waals surface area contributed by atoms with Crippen LogP contribution in [-0.4, -0.2) is 46.8 Å². The number of amides is 1. The van der Waals surface area contributed by atoms with E-state index in [1.54, 1.807) is 12.3 Å². The molecule has 0 spiro atoms. The van der Waals surface area contributed by atoms with Gasteiger partial charge >= 0.3 is 0 Å². The van der Waals surface area contributed by atoms with Crippen LogP contribution < -0.4 is 10.6 Å². The van der Waals surface area contributed by atoms with Crippen molar-refractivity contribution in [3.63, 3.8) is 0 Å². The van der Waals surface area contributed by atoms with Gasteiger partial charge in [0.15, 0.2) is 9.84 Å². The fourth-order valence-corrected chi connectivity index (χ4v) is 4.12. The van der Waals surface area contributed by atoms with Gasteiger partial charge in [0.2, 0.25) is 0 Å². The molecule has 9 heteroatoms. The van der Waals surface area contributed by atoms with Crippen molar-refractivity contribution in [2.75, 3.05) is 16.8 Å². The summed E-state index contributed by atoms with van der Waals surface area (Å²) in [6, 6.07) is 6.79. The van der Waals surface area contributed by atoms with E-state index in [1.165, 1.54) is 12.4 Å². The molecule has 0 saturated carbocycles. The van der Waals surface area contributed by atoms with E-state index in [0.29, 0.717) is 18.8 Å². The van der Waals surface area contributed by atoms with Crippen molar-refractivity contribution in [1.82, 2.24) is 20.3 Å². The van der Waals surface area contributed by atoms with Gasteiger partial charge in [-0.2, -0.15) is 0 Å². The van der Waals surface area contributed by atoms with Crippen molar-refractivity contribution in [3.05, 3.63) is 48.2 Å². The first-order chi connectivity index (χ1) is 11.5. The van der Waals surface area contributed by atoms with E-state index in [4.69, 9.17) is 0 Å². The van der Waals surface area contributed by atoms with Crippen molar-refractivity contribution in [2.24, 2.45) is 0 Å². The molecule has 0 aromatic carbocycles. The Labute approximate surface area is 139 Å². The minimum Gasteiger partial charge on any atom is -0.366 e. The smallest absolute Gasteiger partial charge is 0.270 e. The highest BCUT2D eigenvalue weighted by molar-refractivity contribution is 7.91. The summed E-state index contributed by atoms with van der Waals surface area (Å²) < 4.78 is 23.0. The normalized spacial score (nSPS) is 18.9. The third-order valence-corrected chi connectivity index (χ3v) is 5.41. The zero-order valence-corrected chi connectivity index (χ0v) is 13.7. The Hall–Kier alpha value is -2.55. The molecule has 0 aliphatic carbocycles. The Bertz CT molecular complexity index is 826. The standard InChI is InChI=1S/C15H17N5O3S/c21-15(17-8-11-3-1-2-5-16-11)13-7-14(19-10-18-13)20-12-4-6-24(22,23)9-12/h1-3,5,7,10,12H,4,6,8-9H2,(H,17,21)(H,18,19,20). The molecule has 1 fully saturated rings. The zero-order chi connectivity index (χ0) is 17.0. The molecule has 2 aromatic heterocycles. The fraction of sp³-hybridized carbons (Fsp3) is 0.333. The summed E-state index contributed by atoms with van der Waals surface area (Å²) in [4.78, 5) is 24.3. The zero-order valence-electron chi connectivity index (χ0n) is 12.8. The first kappa shape index (κ1) is 16.3. The molecule has 1 unspecified atom stereocenters. The van der Waals surface area contributed by atoms with Crippen molar-refractivity contribution < 1.29 is 13.2 Å². The quantitative estimate of drug-likeness (QED) is 0.804. The Balaban J connectivity index is 1.61. The number of pyridine rings is 1. The molecule has 1 saturated heterocycles. The fourth-order valence-electron chi connectivity index (χ4n) is 2.44. The molecule has 126 valence electrons. The van der Waals surface area contributed by atoms with Crippen LogP contribution >= 0.6 is 0 Å². The van der Waals surface area contributed by atoms with Crippen LogP contribution in [0.4, 0.5) is 5.82 Å². The lowest BCUT2D eigenvalue weighted by Gasteiger charge is -2.11. The van der Waals surface area contributed by atoms with Crippen LogP contribution in [0.1, 0.15) is 22.6 Å². The van der Waals surface area contributed by atoms with Crippen molar-refractivity contribution in [1.29, 1.82) is 0 Å². The van der Waals surface area contributed by atoms with Crippen LogP contribution in [-0.2, 0) is 16.4 Å². The molecule has 24 heavy (non-hydrogen) atoms. The molecule has 3 rings (SSSR count). The van der Waals surface area contributed by atoms with Crippen LogP contribution in [0.2, 0.25) is 0 Å². The summed E-state index contributed by atoms with van der Waals surface area (Å²) in [5, 5.41) is 5.78. The second kappa shape index (κ2) is 6.91. The molecule has 1 atom stereocenters. The van der Waals surface area contributed by atoms with E-state index < -0.39 is 9.84 Å². The number of carbonyl (C=O) groups excluding carboxylic acids is 1. The third-order valence-electron chi connectivity index (χ3n) is 3.64. The number of aromatic nitrogens is 3. The molecular weight excluding hydrogens is 330 g/mol. The third kappa shape index (κ3) is 4.25. The van der Waals surface area contributed by atoms with Crippen LogP contribution in [0, 0.1) is 0 Å². The molecular formula is C15H17N5O3S. The summed E-state index contributed by atoms with van der Waals surface area (Å²) in [5.74, 6) is 0.353. The maximum absolute atomic E-state index is 12.2. The van der Waals surface area contributed by atoms with Gasteiger partial charge in [-0.3, -0.25) is 9.78 Å². The average molecular weight is 347 g/mol. The highest BCUT2D eigenvalue weighted by Crippen LogP contribution is 2.16. The van der Waals surface area contributed by atoms with Crippen LogP contribution in [0.3, 0.4) is 0 Å². The predicted octanol–water partition coefficient (Wildman–Crippen LogP) is 0.401. The Morgan fingerprint density at radius 3 is 2.83 bits per heavy atom. The van der Waals surface area contributed by atoms with Gasteiger partial charge in [0, 0.05) is 18.3 Å². The lowest BCUT2D eigenvalue weighted by Crippen LogP contribution is -2.25. The SMILES string of the molecule is O=C(NCc1ccccn1)c1cc(NC2CCS(=O)(=O)C2)ncn1. The van der Waals surface area contributed by atoms with E-state index in [9.17, 15) is 13.2 Å². The average Bonchev–Trinajstić information content (AvgIpc) is 2.92. The highest BCUT2D eigenvalue weighted by Gasteiger charge is 2.28. The molecule has 1 aliphatic rings. The number of hydrogen-bond donors (Lipinski definition) is 2. The first-order valence-electron chi connectivity index (χ1n) is 7.49. The van der Waals surface area contributed by atoms with E-state index in [1.807, 2.05) is 12.1 Å². The molecule has 2 N–H and O–H groups in total.